The van der Waals surface area contributed by atoms with Crippen molar-refractivity contribution in [3.05, 3.63) is 65.1 Å². The van der Waals surface area contributed by atoms with E-state index >= 15 is 0 Å². The third-order valence-electron chi connectivity index (χ3n) is 5.04. The van der Waals surface area contributed by atoms with E-state index in [-0.39, 0.29) is 25.6 Å². The lowest BCUT2D eigenvalue weighted by Crippen LogP contribution is -2.48. The summed E-state index contributed by atoms with van der Waals surface area (Å²) in [6.45, 7) is 2.05. The number of carbonyl (C=O) groups is 2. The molecule has 1 atom stereocenters. The van der Waals surface area contributed by atoms with Crippen LogP contribution in [0.25, 0.3) is 0 Å². The highest BCUT2D eigenvalue weighted by Crippen LogP contribution is 2.39. The van der Waals surface area contributed by atoms with E-state index in [1.165, 1.54) is 36.3 Å². The molecular formula is C22H21FN2O6. The van der Waals surface area contributed by atoms with Crippen LogP contribution in [0.3, 0.4) is 0 Å². The lowest BCUT2D eigenvalue weighted by atomic mass is 9.94. The summed E-state index contributed by atoms with van der Waals surface area (Å²) in [5.41, 5.74) is 1.68. The first kappa shape index (κ1) is 20.7. The van der Waals surface area contributed by atoms with Crippen molar-refractivity contribution in [3.8, 4) is 11.5 Å². The van der Waals surface area contributed by atoms with Gasteiger partial charge in [-0.1, -0.05) is 12.1 Å². The SMILES string of the molecule is COCCOC(=O)C1=C(C)N(c2ccc3c(c2)OCO3)C(=O)N[C@@H]1c1ccc(F)cc1. The minimum Gasteiger partial charge on any atom is -0.460 e. The van der Waals surface area contributed by atoms with Gasteiger partial charge in [-0.05, 0) is 36.8 Å². The summed E-state index contributed by atoms with van der Waals surface area (Å²) >= 11 is 0. The molecular weight excluding hydrogens is 407 g/mol. The highest BCUT2D eigenvalue weighted by molar-refractivity contribution is 6.03. The van der Waals surface area contributed by atoms with Crippen LogP contribution in [0.2, 0.25) is 0 Å². The van der Waals surface area contributed by atoms with Crippen LogP contribution in [0.4, 0.5) is 14.9 Å². The molecule has 0 saturated heterocycles. The van der Waals surface area contributed by atoms with Gasteiger partial charge in [0.15, 0.2) is 11.5 Å². The van der Waals surface area contributed by atoms with E-state index in [2.05, 4.69) is 5.32 Å². The lowest BCUT2D eigenvalue weighted by Gasteiger charge is -2.35. The Morgan fingerprint density at radius 1 is 1.16 bits per heavy atom. The Hall–Kier alpha value is -3.59. The molecule has 0 aliphatic carbocycles. The maximum absolute atomic E-state index is 13.4. The van der Waals surface area contributed by atoms with Gasteiger partial charge in [-0.15, -0.1) is 0 Å². The normalized spacial score (nSPS) is 17.6. The van der Waals surface area contributed by atoms with Gasteiger partial charge in [-0.25, -0.2) is 14.0 Å². The summed E-state index contributed by atoms with van der Waals surface area (Å²) in [6.07, 6.45) is 0. The van der Waals surface area contributed by atoms with Crippen LogP contribution in [-0.4, -0.2) is 39.1 Å². The van der Waals surface area contributed by atoms with E-state index < -0.39 is 23.9 Å². The molecule has 0 saturated carbocycles. The number of amides is 2. The number of allylic oxidation sites excluding steroid dienone is 1. The first-order chi connectivity index (χ1) is 15.0. The summed E-state index contributed by atoms with van der Waals surface area (Å²) < 4.78 is 34.4. The zero-order valence-corrected chi connectivity index (χ0v) is 17.0. The molecule has 31 heavy (non-hydrogen) atoms. The molecule has 2 aromatic carbocycles. The van der Waals surface area contributed by atoms with Gasteiger partial charge in [0.2, 0.25) is 6.79 Å². The number of fused-ring (bicyclic) bond motifs is 1. The number of methoxy groups -OCH3 is 1. The van der Waals surface area contributed by atoms with E-state index in [9.17, 15) is 14.0 Å². The van der Waals surface area contributed by atoms with Crippen molar-refractivity contribution in [1.82, 2.24) is 5.32 Å². The van der Waals surface area contributed by atoms with Crippen molar-refractivity contribution in [2.75, 3.05) is 32.0 Å². The lowest BCUT2D eigenvalue weighted by molar-refractivity contribution is -0.140. The van der Waals surface area contributed by atoms with Gasteiger partial charge < -0.3 is 24.3 Å². The molecule has 0 spiro atoms. The summed E-state index contributed by atoms with van der Waals surface area (Å²) in [6, 6.07) is 9.40. The van der Waals surface area contributed by atoms with Gasteiger partial charge in [0.25, 0.3) is 0 Å². The van der Waals surface area contributed by atoms with Crippen LogP contribution in [0.1, 0.15) is 18.5 Å². The Morgan fingerprint density at radius 3 is 2.65 bits per heavy atom. The second-order valence-electron chi connectivity index (χ2n) is 6.93. The molecule has 0 radical (unpaired) electrons. The number of hydrogen-bond donors (Lipinski definition) is 1. The van der Waals surface area contributed by atoms with Crippen LogP contribution < -0.4 is 19.7 Å². The molecule has 2 aliphatic rings. The second-order valence-corrected chi connectivity index (χ2v) is 6.93. The number of esters is 1. The zero-order valence-electron chi connectivity index (χ0n) is 17.0. The van der Waals surface area contributed by atoms with Crippen LogP contribution in [0.5, 0.6) is 11.5 Å². The fourth-order valence-electron chi connectivity index (χ4n) is 3.54. The minimum absolute atomic E-state index is 0.0558. The molecule has 2 heterocycles. The van der Waals surface area contributed by atoms with Crippen molar-refractivity contribution in [2.45, 2.75) is 13.0 Å². The average Bonchev–Trinajstić information content (AvgIpc) is 3.22. The third kappa shape index (κ3) is 4.04. The highest BCUT2D eigenvalue weighted by atomic mass is 19.1. The van der Waals surface area contributed by atoms with Crippen molar-refractivity contribution >= 4 is 17.7 Å². The van der Waals surface area contributed by atoms with E-state index in [0.29, 0.717) is 28.4 Å². The molecule has 1 N–H and O–H groups in total. The number of nitrogens with one attached hydrogen (secondary N) is 1. The van der Waals surface area contributed by atoms with Gasteiger partial charge in [-0.2, -0.15) is 0 Å². The fraction of sp³-hybridized carbons (Fsp3) is 0.273. The molecule has 0 bridgehead atoms. The smallest absolute Gasteiger partial charge is 0.338 e. The van der Waals surface area contributed by atoms with Gasteiger partial charge in [0.1, 0.15) is 12.4 Å². The number of anilines is 1. The summed E-state index contributed by atoms with van der Waals surface area (Å²) in [7, 11) is 1.50. The third-order valence-corrected chi connectivity index (χ3v) is 5.04. The van der Waals surface area contributed by atoms with Gasteiger partial charge in [0, 0.05) is 18.9 Å². The van der Waals surface area contributed by atoms with Crippen molar-refractivity contribution in [3.63, 3.8) is 0 Å². The Kier molecular flexibility index (Phi) is 5.77. The molecule has 162 valence electrons. The highest BCUT2D eigenvalue weighted by Gasteiger charge is 2.37. The fourth-order valence-corrected chi connectivity index (χ4v) is 3.54. The number of carbonyl (C=O) groups excluding carboxylic acids is 2. The molecule has 0 unspecified atom stereocenters. The number of nitrogens with zero attached hydrogens (tertiary/aromatic N) is 1. The molecule has 4 rings (SSSR count). The average molecular weight is 428 g/mol. The predicted octanol–water partition coefficient (Wildman–Crippen LogP) is 3.29. The molecule has 9 heteroatoms. The monoisotopic (exact) mass is 428 g/mol. The molecule has 2 aromatic rings. The molecule has 2 amide bonds. The van der Waals surface area contributed by atoms with Crippen LogP contribution >= 0.6 is 0 Å². The van der Waals surface area contributed by atoms with Crippen LogP contribution in [0.15, 0.2) is 53.7 Å². The molecule has 0 aromatic heterocycles. The first-order valence-corrected chi connectivity index (χ1v) is 9.62. The van der Waals surface area contributed by atoms with Gasteiger partial charge in [-0.3, -0.25) is 4.90 Å². The predicted molar refractivity (Wildman–Crippen MR) is 108 cm³/mol. The van der Waals surface area contributed by atoms with Gasteiger partial charge in [0.05, 0.1) is 23.9 Å². The molecule has 0 fully saturated rings. The first-order valence-electron chi connectivity index (χ1n) is 9.62. The van der Waals surface area contributed by atoms with E-state index in [4.69, 9.17) is 18.9 Å². The summed E-state index contributed by atoms with van der Waals surface area (Å²) in [5.74, 6) is 0.0570. The van der Waals surface area contributed by atoms with Crippen molar-refractivity contribution < 1.29 is 32.9 Å². The maximum Gasteiger partial charge on any atom is 0.338 e. The molecule has 2 aliphatic heterocycles. The standard InChI is InChI=1S/C22H21FN2O6/c1-13-19(21(26)29-10-9-28-2)20(14-3-5-15(23)6-4-14)24-22(27)25(13)16-7-8-17-18(11-16)31-12-30-17/h3-8,11,20H,9-10,12H2,1-2H3,(H,24,27)/t20-/m1/s1. The van der Waals surface area contributed by atoms with E-state index in [0.717, 1.165) is 0 Å². The van der Waals surface area contributed by atoms with E-state index in [1.54, 1.807) is 25.1 Å². The molecule has 8 nitrogen and oxygen atoms in total. The number of rotatable bonds is 6. The van der Waals surface area contributed by atoms with Crippen LogP contribution in [0, 0.1) is 5.82 Å². The Bertz CT molecular complexity index is 1040. The summed E-state index contributed by atoms with van der Waals surface area (Å²) in [5, 5.41) is 2.82. The van der Waals surface area contributed by atoms with E-state index in [1.807, 2.05) is 0 Å². The minimum atomic E-state index is -0.798. The quantitative estimate of drug-likeness (QED) is 0.561. The van der Waals surface area contributed by atoms with Crippen molar-refractivity contribution in [1.29, 1.82) is 0 Å². The Labute approximate surface area is 178 Å². The number of halogens is 1. The maximum atomic E-state index is 13.4. The number of urea groups is 1. The number of benzene rings is 2. The summed E-state index contributed by atoms with van der Waals surface area (Å²) in [4.78, 5) is 27.4. The van der Waals surface area contributed by atoms with Gasteiger partial charge >= 0.3 is 12.0 Å². The largest absolute Gasteiger partial charge is 0.460 e. The zero-order chi connectivity index (χ0) is 22.0. The number of ether oxygens (including phenoxy) is 4. The van der Waals surface area contributed by atoms with Crippen LogP contribution in [-0.2, 0) is 14.3 Å². The second kappa shape index (κ2) is 8.65. The Morgan fingerprint density at radius 2 is 1.90 bits per heavy atom. The van der Waals surface area contributed by atoms with Crippen molar-refractivity contribution in [2.24, 2.45) is 0 Å². The Balaban J connectivity index is 1.75. The number of hydrogen-bond acceptors (Lipinski definition) is 6. The topological polar surface area (TPSA) is 86.3 Å².